The molecule has 0 radical (unpaired) electrons. The van der Waals surface area contributed by atoms with Crippen LogP contribution in [0, 0.1) is 11.6 Å². The number of rotatable bonds is 5. The zero-order valence-corrected chi connectivity index (χ0v) is 13.8. The molecule has 0 spiro atoms. The van der Waals surface area contributed by atoms with E-state index in [1.54, 1.807) is 30.3 Å². The molecule has 6 nitrogen and oxygen atoms in total. The standard InChI is InChI=1S/C18H15F2N5O/c1-11(26)22-13-3-5-14(6-4-13)23-18-21-9-8-17(25-18)24-16-7-2-12(19)10-15(16)20/h2-10H,1H3,(H,22,26)(H2,21,23,24,25). The van der Waals surface area contributed by atoms with E-state index in [4.69, 9.17) is 0 Å². The van der Waals surface area contributed by atoms with E-state index in [0.29, 0.717) is 23.1 Å². The summed E-state index contributed by atoms with van der Waals surface area (Å²) >= 11 is 0. The minimum absolute atomic E-state index is 0.107. The van der Waals surface area contributed by atoms with Gasteiger partial charge >= 0.3 is 0 Å². The van der Waals surface area contributed by atoms with Crippen molar-refractivity contribution >= 4 is 34.7 Å². The van der Waals surface area contributed by atoms with Gasteiger partial charge in [0, 0.05) is 30.6 Å². The molecule has 0 atom stereocenters. The third-order valence-electron chi connectivity index (χ3n) is 3.31. The maximum absolute atomic E-state index is 13.7. The predicted molar refractivity (Wildman–Crippen MR) is 95.7 cm³/mol. The average molecular weight is 355 g/mol. The van der Waals surface area contributed by atoms with Gasteiger partial charge in [0.2, 0.25) is 11.9 Å². The topological polar surface area (TPSA) is 78.9 Å². The summed E-state index contributed by atoms with van der Waals surface area (Å²) < 4.78 is 26.7. The highest BCUT2D eigenvalue weighted by molar-refractivity contribution is 5.88. The van der Waals surface area contributed by atoms with Crippen molar-refractivity contribution in [2.24, 2.45) is 0 Å². The lowest BCUT2D eigenvalue weighted by Crippen LogP contribution is -2.05. The highest BCUT2D eigenvalue weighted by Crippen LogP contribution is 2.21. The molecule has 1 amide bonds. The molecule has 0 unspecified atom stereocenters. The summed E-state index contributed by atoms with van der Waals surface area (Å²) in [5.74, 6) is -0.874. The molecule has 3 aromatic rings. The van der Waals surface area contributed by atoms with Crippen LogP contribution in [0.25, 0.3) is 0 Å². The Hall–Kier alpha value is -3.55. The van der Waals surface area contributed by atoms with Gasteiger partial charge in [0.05, 0.1) is 5.69 Å². The molecule has 0 saturated carbocycles. The first-order valence-corrected chi connectivity index (χ1v) is 7.69. The Morgan fingerprint density at radius 3 is 2.38 bits per heavy atom. The Morgan fingerprint density at radius 2 is 1.69 bits per heavy atom. The third kappa shape index (κ3) is 4.50. The molecule has 0 bridgehead atoms. The van der Waals surface area contributed by atoms with E-state index in [1.807, 2.05) is 0 Å². The van der Waals surface area contributed by atoms with E-state index >= 15 is 0 Å². The first-order valence-electron chi connectivity index (χ1n) is 7.69. The lowest BCUT2D eigenvalue weighted by molar-refractivity contribution is -0.114. The minimum Gasteiger partial charge on any atom is -0.338 e. The van der Waals surface area contributed by atoms with Gasteiger partial charge in [-0.3, -0.25) is 4.79 Å². The second-order valence-corrected chi connectivity index (χ2v) is 5.40. The third-order valence-corrected chi connectivity index (χ3v) is 3.31. The number of hydrogen-bond donors (Lipinski definition) is 3. The summed E-state index contributed by atoms with van der Waals surface area (Å²) in [6, 6.07) is 11.8. The molecule has 0 saturated heterocycles. The van der Waals surface area contributed by atoms with E-state index < -0.39 is 11.6 Å². The van der Waals surface area contributed by atoms with Crippen LogP contribution in [0.2, 0.25) is 0 Å². The summed E-state index contributed by atoms with van der Waals surface area (Å²) in [4.78, 5) is 19.4. The molecule has 8 heteroatoms. The highest BCUT2D eigenvalue weighted by Gasteiger charge is 2.06. The second-order valence-electron chi connectivity index (χ2n) is 5.40. The lowest BCUT2D eigenvalue weighted by Gasteiger charge is -2.10. The van der Waals surface area contributed by atoms with Crippen molar-refractivity contribution in [3.05, 3.63) is 66.4 Å². The average Bonchev–Trinajstić information content (AvgIpc) is 2.59. The zero-order chi connectivity index (χ0) is 18.5. The Morgan fingerprint density at radius 1 is 0.962 bits per heavy atom. The van der Waals surface area contributed by atoms with E-state index in [0.717, 1.165) is 12.1 Å². The van der Waals surface area contributed by atoms with E-state index in [1.165, 1.54) is 19.2 Å². The van der Waals surface area contributed by atoms with E-state index in [2.05, 4.69) is 25.9 Å². The van der Waals surface area contributed by atoms with Gasteiger partial charge in [0.15, 0.2) is 0 Å². The largest absolute Gasteiger partial charge is 0.338 e. The fourth-order valence-corrected chi connectivity index (χ4v) is 2.19. The SMILES string of the molecule is CC(=O)Nc1ccc(Nc2nccc(Nc3ccc(F)cc3F)n2)cc1. The number of halogens is 2. The molecule has 0 aliphatic carbocycles. The number of carbonyl (C=O) groups excluding carboxylic acids is 1. The van der Waals surface area contributed by atoms with Gasteiger partial charge in [-0.2, -0.15) is 4.98 Å². The van der Waals surface area contributed by atoms with E-state index in [9.17, 15) is 13.6 Å². The van der Waals surface area contributed by atoms with Gasteiger partial charge < -0.3 is 16.0 Å². The summed E-state index contributed by atoms with van der Waals surface area (Å²) in [6.45, 7) is 1.43. The molecular weight excluding hydrogens is 340 g/mol. The second kappa shape index (κ2) is 7.56. The zero-order valence-electron chi connectivity index (χ0n) is 13.8. The summed E-state index contributed by atoms with van der Waals surface area (Å²) in [5, 5.41) is 8.45. The lowest BCUT2D eigenvalue weighted by atomic mass is 10.3. The normalized spacial score (nSPS) is 10.3. The van der Waals surface area contributed by atoms with Crippen molar-refractivity contribution in [1.29, 1.82) is 0 Å². The maximum Gasteiger partial charge on any atom is 0.229 e. The first-order chi connectivity index (χ1) is 12.5. The maximum atomic E-state index is 13.7. The molecule has 1 aromatic heterocycles. The molecule has 3 rings (SSSR count). The molecular formula is C18H15F2N5O. The van der Waals surface area contributed by atoms with Gasteiger partial charge in [-0.1, -0.05) is 0 Å². The molecule has 3 N–H and O–H groups in total. The van der Waals surface area contributed by atoms with Crippen molar-refractivity contribution in [2.75, 3.05) is 16.0 Å². The number of nitrogens with one attached hydrogen (secondary N) is 3. The van der Waals surface area contributed by atoms with Crippen molar-refractivity contribution in [1.82, 2.24) is 9.97 Å². The van der Waals surface area contributed by atoms with Gasteiger partial charge in [-0.15, -0.1) is 0 Å². The molecule has 2 aromatic carbocycles. The number of anilines is 5. The van der Waals surface area contributed by atoms with Crippen LogP contribution in [0.1, 0.15) is 6.92 Å². The monoisotopic (exact) mass is 355 g/mol. The molecule has 1 heterocycles. The van der Waals surface area contributed by atoms with Gasteiger partial charge in [0.1, 0.15) is 17.5 Å². The smallest absolute Gasteiger partial charge is 0.229 e. The van der Waals surface area contributed by atoms with Crippen LogP contribution in [0.4, 0.5) is 37.6 Å². The fraction of sp³-hybridized carbons (Fsp3) is 0.0556. The van der Waals surface area contributed by atoms with Crippen LogP contribution >= 0.6 is 0 Å². The number of nitrogens with zero attached hydrogens (tertiary/aromatic N) is 2. The highest BCUT2D eigenvalue weighted by atomic mass is 19.1. The number of amides is 1. The first kappa shape index (κ1) is 17.3. The van der Waals surface area contributed by atoms with Crippen LogP contribution < -0.4 is 16.0 Å². The number of aromatic nitrogens is 2. The summed E-state index contributed by atoms with van der Waals surface area (Å²) in [7, 11) is 0. The molecule has 0 aliphatic heterocycles. The van der Waals surface area contributed by atoms with Crippen LogP contribution in [-0.2, 0) is 4.79 Å². The van der Waals surface area contributed by atoms with Gasteiger partial charge in [0.25, 0.3) is 0 Å². The fourth-order valence-electron chi connectivity index (χ4n) is 2.19. The molecule has 0 fully saturated rings. The molecule has 0 aliphatic rings. The van der Waals surface area contributed by atoms with Gasteiger partial charge in [-0.25, -0.2) is 13.8 Å². The van der Waals surface area contributed by atoms with Crippen LogP contribution in [0.15, 0.2) is 54.7 Å². The Kier molecular flexibility index (Phi) is 5.02. The van der Waals surface area contributed by atoms with Crippen LogP contribution in [0.5, 0.6) is 0 Å². The molecule has 26 heavy (non-hydrogen) atoms. The van der Waals surface area contributed by atoms with Crippen molar-refractivity contribution in [3.8, 4) is 0 Å². The Labute approximate surface area is 148 Å². The van der Waals surface area contributed by atoms with Crippen molar-refractivity contribution < 1.29 is 13.6 Å². The Bertz CT molecular complexity index is 931. The molecule has 132 valence electrons. The number of carbonyl (C=O) groups is 1. The quantitative estimate of drug-likeness (QED) is 0.639. The van der Waals surface area contributed by atoms with Crippen molar-refractivity contribution in [3.63, 3.8) is 0 Å². The summed E-state index contributed by atoms with van der Waals surface area (Å²) in [6.07, 6.45) is 1.50. The van der Waals surface area contributed by atoms with Crippen LogP contribution in [-0.4, -0.2) is 15.9 Å². The van der Waals surface area contributed by atoms with Crippen LogP contribution in [0.3, 0.4) is 0 Å². The Balaban J connectivity index is 1.72. The number of benzene rings is 2. The predicted octanol–water partition coefficient (Wildman–Crippen LogP) is 4.20. The minimum atomic E-state index is -0.716. The van der Waals surface area contributed by atoms with Crippen molar-refractivity contribution in [2.45, 2.75) is 6.92 Å². The van der Waals surface area contributed by atoms with Gasteiger partial charge in [-0.05, 0) is 42.5 Å². The van der Waals surface area contributed by atoms with E-state index in [-0.39, 0.29) is 11.6 Å². The summed E-state index contributed by atoms with van der Waals surface area (Å²) in [5.41, 5.74) is 1.49. The number of hydrogen-bond acceptors (Lipinski definition) is 5.